The van der Waals surface area contributed by atoms with Crippen LogP contribution in [0.1, 0.15) is 58.1 Å². The van der Waals surface area contributed by atoms with E-state index in [1.165, 1.54) is 0 Å². The van der Waals surface area contributed by atoms with Crippen molar-refractivity contribution in [2.45, 2.75) is 121 Å². The van der Waals surface area contributed by atoms with Gasteiger partial charge in [-0.15, -0.1) is 0 Å². The SMILES string of the molecule is CC(C)(C)OC(=O)N1[C@@H]2CC[C@H]1CC(c1cc(N(COCC[Si](C)(C)C)COCC[Si](C)(C)C)n3ncc(-c4ccc(Cl)nc4)c3n1)C2. The Balaban J connectivity index is 1.50. The number of piperidine rings is 1. The van der Waals surface area contributed by atoms with E-state index in [0.29, 0.717) is 31.8 Å². The van der Waals surface area contributed by atoms with Crippen LogP contribution in [0.15, 0.2) is 30.6 Å². The summed E-state index contributed by atoms with van der Waals surface area (Å²) in [6.45, 7) is 22.1. The first-order valence-electron chi connectivity index (χ1n) is 17.4. The first kappa shape index (κ1) is 36.8. The highest BCUT2D eigenvalue weighted by molar-refractivity contribution is 6.76. The molecule has 5 rings (SSSR count). The van der Waals surface area contributed by atoms with Crippen LogP contribution < -0.4 is 4.90 Å². The van der Waals surface area contributed by atoms with Gasteiger partial charge in [-0.2, -0.15) is 9.61 Å². The number of pyridine rings is 1. The Bertz CT molecular complexity index is 1510. The number of anilines is 1. The standard InChI is InChI=1S/C35H55ClN6O4Si2/c1-35(2,3)46-34(43)41-27-11-12-28(41)19-26(18-27)30-20-32(42-33(39-30)29(22-38-42)25-10-13-31(36)37-21-25)40(23-44-14-16-47(4,5)6)24-45-15-17-48(7,8)9/h10,13,20-22,26-28H,11-12,14-19,23-24H2,1-9H3/t26?,27-,28+. The zero-order valence-electron chi connectivity index (χ0n) is 30.4. The van der Waals surface area contributed by atoms with Gasteiger partial charge in [0.15, 0.2) is 5.65 Å². The van der Waals surface area contributed by atoms with E-state index in [4.69, 9.17) is 35.9 Å². The van der Waals surface area contributed by atoms with Crippen LogP contribution in [0.2, 0.25) is 56.5 Å². The molecule has 264 valence electrons. The van der Waals surface area contributed by atoms with E-state index in [1.54, 1.807) is 12.3 Å². The lowest BCUT2D eigenvalue weighted by molar-refractivity contribution is 0.00569. The van der Waals surface area contributed by atoms with E-state index >= 15 is 0 Å². The third-order valence-electron chi connectivity index (χ3n) is 9.08. The highest BCUT2D eigenvalue weighted by Crippen LogP contribution is 2.44. The molecule has 3 aromatic rings. The molecule has 0 aliphatic carbocycles. The monoisotopic (exact) mass is 714 g/mol. The summed E-state index contributed by atoms with van der Waals surface area (Å²) in [5.41, 5.74) is 3.00. The largest absolute Gasteiger partial charge is 0.444 e. The quantitative estimate of drug-likeness (QED) is 0.0753. The number of amides is 1. The van der Waals surface area contributed by atoms with Gasteiger partial charge in [0, 0.05) is 76.4 Å². The van der Waals surface area contributed by atoms with Gasteiger partial charge < -0.3 is 24.0 Å². The third-order valence-corrected chi connectivity index (χ3v) is 12.7. The Morgan fingerprint density at radius 1 is 0.958 bits per heavy atom. The summed E-state index contributed by atoms with van der Waals surface area (Å²) in [5.74, 6) is 1.06. The topological polar surface area (TPSA) is 94.3 Å². The molecule has 48 heavy (non-hydrogen) atoms. The van der Waals surface area contributed by atoms with Crippen LogP contribution in [0.5, 0.6) is 0 Å². The Kier molecular flexibility index (Phi) is 11.3. The van der Waals surface area contributed by atoms with Crippen molar-refractivity contribution in [2.24, 2.45) is 0 Å². The van der Waals surface area contributed by atoms with Gasteiger partial charge >= 0.3 is 6.09 Å². The number of fused-ring (bicyclic) bond motifs is 3. The summed E-state index contributed by atoms with van der Waals surface area (Å²) in [7, 11) is -2.52. The summed E-state index contributed by atoms with van der Waals surface area (Å²) >= 11 is 6.15. The van der Waals surface area contributed by atoms with Crippen LogP contribution in [0, 0.1) is 0 Å². The maximum atomic E-state index is 13.2. The molecular weight excluding hydrogens is 660 g/mol. The number of rotatable bonds is 13. The lowest BCUT2D eigenvalue weighted by atomic mass is 9.88. The van der Waals surface area contributed by atoms with E-state index in [1.807, 2.05) is 42.4 Å². The fraction of sp³-hybridized carbons (Fsp3) is 0.657. The van der Waals surface area contributed by atoms with Crippen LogP contribution in [-0.4, -0.2) is 91.1 Å². The number of aromatic nitrogens is 4. The van der Waals surface area contributed by atoms with Crippen LogP contribution in [0.25, 0.3) is 16.8 Å². The zero-order chi connectivity index (χ0) is 34.9. The van der Waals surface area contributed by atoms with Crippen molar-refractivity contribution in [1.82, 2.24) is 24.5 Å². The molecule has 0 saturated carbocycles. The second kappa shape index (κ2) is 14.8. The van der Waals surface area contributed by atoms with E-state index in [2.05, 4.69) is 55.2 Å². The first-order chi connectivity index (χ1) is 22.5. The van der Waals surface area contributed by atoms with Crippen molar-refractivity contribution in [3.8, 4) is 11.1 Å². The fourth-order valence-corrected chi connectivity index (χ4v) is 8.07. The van der Waals surface area contributed by atoms with E-state index in [-0.39, 0.29) is 24.1 Å². The Morgan fingerprint density at radius 2 is 1.56 bits per heavy atom. The van der Waals surface area contributed by atoms with Gasteiger partial charge in [0.25, 0.3) is 0 Å². The number of halogens is 1. The van der Waals surface area contributed by atoms with Crippen molar-refractivity contribution in [2.75, 3.05) is 31.6 Å². The molecule has 2 bridgehead atoms. The van der Waals surface area contributed by atoms with Crippen molar-refractivity contribution < 1.29 is 19.0 Å². The number of hydrogen-bond donors (Lipinski definition) is 0. The van der Waals surface area contributed by atoms with E-state index < -0.39 is 21.7 Å². The zero-order valence-corrected chi connectivity index (χ0v) is 33.1. The average Bonchev–Trinajstić information content (AvgIpc) is 3.52. The highest BCUT2D eigenvalue weighted by atomic mass is 35.5. The fourth-order valence-electron chi connectivity index (χ4n) is 6.45. The minimum atomic E-state index is -1.26. The summed E-state index contributed by atoms with van der Waals surface area (Å²) in [5, 5.41) is 5.29. The molecule has 0 spiro atoms. The summed E-state index contributed by atoms with van der Waals surface area (Å²) in [6.07, 6.45) is 7.04. The van der Waals surface area contributed by atoms with Gasteiger partial charge in [-0.25, -0.2) is 14.8 Å². The minimum Gasteiger partial charge on any atom is -0.444 e. The highest BCUT2D eigenvalue weighted by Gasteiger charge is 2.45. The third kappa shape index (κ3) is 9.59. The first-order valence-corrected chi connectivity index (χ1v) is 25.2. The Morgan fingerprint density at radius 3 is 2.08 bits per heavy atom. The molecule has 1 amide bonds. The lowest BCUT2D eigenvalue weighted by Crippen LogP contribution is -2.48. The predicted molar refractivity (Wildman–Crippen MR) is 199 cm³/mol. The molecule has 2 aliphatic rings. The van der Waals surface area contributed by atoms with Gasteiger partial charge in [0.1, 0.15) is 30.0 Å². The molecule has 0 N–H and O–H groups in total. The molecular formula is C35H55ClN6O4Si2. The van der Waals surface area contributed by atoms with Crippen molar-refractivity contribution in [3.63, 3.8) is 0 Å². The molecule has 10 nitrogen and oxygen atoms in total. The normalized spacial score (nSPS) is 20.0. The molecule has 3 aromatic heterocycles. The van der Waals surface area contributed by atoms with Crippen molar-refractivity contribution in [1.29, 1.82) is 0 Å². The molecule has 2 aliphatic heterocycles. The predicted octanol–water partition coefficient (Wildman–Crippen LogP) is 8.52. The molecule has 13 heteroatoms. The number of carbonyl (C=O) groups excluding carboxylic acids is 1. The minimum absolute atomic E-state index is 0.126. The maximum absolute atomic E-state index is 13.2. The van der Waals surface area contributed by atoms with Gasteiger partial charge in [-0.05, 0) is 70.7 Å². The molecule has 2 saturated heterocycles. The van der Waals surface area contributed by atoms with Gasteiger partial charge in [0.2, 0.25) is 0 Å². The Hall–Kier alpha value is -2.52. The number of carbonyl (C=O) groups is 1. The smallest absolute Gasteiger partial charge is 0.410 e. The molecule has 1 unspecified atom stereocenters. The van der Waals surface area contributed by atoms with Crippen LogP contribution in [-0.2, 0) is 14.2 Å². The maximum Gasteiger partial charge on any atom is 0.410 e. The van der Waals surface area contributed by atoms with Crippen molar-refractivity contribution >= 4 is 45.3 Å². The number of hydrogen-bond acceptors (Lipinski definition) is 8. The van der Waals surface area contributed by atoms with Gasteiger partial charge in [-0.1, -0.05) is 50.9 Å². The molecule has 0 aromatic carbocycles. The lowest BCUT2D eigenvalue weighted by Gasteiger charge is -2.39. The molecule has 5 heterocycles. The number of ether oxygens (including phenoxy) is 3. The number of nitrogens with zero attached hydrogens (tertiary/aromatic N) is 6. The second-order valence-corrected chi connectivity index (χ2v) is 28.5. The molecule has 3 atom stereocenters. The van der Waals surface area contributed by atoms with Gasteiger partial charge in [0.05, 0.1) is 6.20 Å². The van der Waals surface area contributed by atoms with Crippen molar-refractivity contribution in [3.05, 3.63) is 41.4 Å². The summed E-state index contributed by atoms with van der Waals surface area (Å²) in [4.78, 5) is 27.0. The Labute approximate surface area is 293 Å². The average molecular weight is 715 g/mol. The summed E-state index contributed by atoms with van der Waals surface area (Å²) in [6, 6.07) is 8.34. The van der Waals surface area contributed by atoms with E-state index in [0.717, 1.165) is 66.1 Å². The second-order valence-electron chi connectivity index (χ2n) is 16.9. The van der Waals surface area contributed by atoms with Crippen LogP contribution in [0.4, 0.5) is 10.6 Å². The van der Waals surface area contributed by atoms with Crippen LogP contribution >= 0.6 is 11.6 Å². The van der Waals surface area contributed by atoms with E-state index in [9.17, 15) is 4.79 Å². The van der Waals surface area contributed by atoms with Crippen LogP contribution in [0.3, 0.4) is 0 Å². The van der Waals surface area contributed by atoms with Gasteiger partial charge in [-0.3, -0.25) is 0 Å². The molecule has 0 radical (unpaired) electrons. The molecule has 2 fully saturated rings. The summed E-state index contributed by atoms with van der Waals surface area (Å²) < 4.78 is 20.4.